The van der Waals surface area contributed by atoms with Crippen molar-refractivity contribution >= 4 is 15.7 Å². The molecular weight excluding hydrogens is 272 g/mol. The van der Waals surface area contributed by atoms with Crippen LogP contribution in [0.15, 0.2) is 54.6 Å². The van der Waals surface area contributed by atoms with Crippen molar-refractivity contribution in [1.82, 2.24) is 4.72 Å². The highest BCUT2D eigenvalue weighted by molar-refractivity contribution is 7.88. The van der Waals surface area contributed by atoms with E-state index < -0.39 is 10.0 Å². The third-order valence-electron chi connectivity index (χ3n) is 2.99. The van der Waals surface area contributed by atoms with Crippen LogP contribution in [0.25, 0.3) is 0 Å². The number of hydrogen-bond acceptors (Lipinski definition) is 3. The lowest BCUT2D eigenvalue weighted by atomic mass is 10.1. The molecule has 106 valence electrons. The Labute approximate surface area is 119 Å². The zero-order valence-corrected chi connectivity index (χ0v) is 12.1. The quantitative estimate of drug-likeness (QED) is 0.831. The van der Waals surface area contributed by atoms with Crippen LogP contribution >= 0.6 is 0 Å². The first-order chi connectivity index (χ1) is 9.46. The molecule has 0 fully saturated rings. The minimum atomic E-state index is -3.39. The van der Waals surface area contributed by atoms with E-state index in [9.17, 15) is 8.42 Å². The molecule has 20 heavy (non-hydrogen) atoms. The van der Waals surface area contributed by atoms with Crippen molar-refractivity contribution in [1.29, 1.82) is 0 Å². The highest BCUT2D eigenvalue weighted by Gasteiger charge is 2.16. The minimum absolute atomic E-state index is 0.0511. The Morgan fingerprint density at radius 2 is 1.65 bits per heavy atom. The van der Waals surface area contributed by atoms with Gasteiger partial charge in [0.15, 0.2) is 0 Å². The Morgan fingerprint density at radius 1 is 1.05 bits per heavy atom. The van der Waals surface area contributed by atoms with Gasteiger partial charge in [-0.15, -0.1) is 0 Å². The SMILES string of the molecule is C[C@@H](NS(=O)(=O)Cc1ccc(N)cc1)c1ccccc1. The van der Waals surface area contributed by atoms with Crippen molar-refractivity contribution in [2.45, 2.75) is 18.7 Å². The van der Waals surface area contributed by atoms with E-state index >= 15 is 0 Å². The molecule has 0 aliphatic heterocycles. The molecule has 0 saturated heterocycles. The summed E-state index contributed by atoms with van der Waals surface area (Å²) in [6.07, 6.45) is 0. The number of nitrogens with two attached hydrogens (primary N) is 1. The van der Waals surface area contributed by atoms with Gasteiger partial charge in [-0.25, -0.2) is 13.1 Å². The molecule has 0 bridgehead atoms. The fourth-order valence-corrected chi connectivity index (χ4v) is 3.34. The highest BCUT2D eigenvalue weighted by Crippen LogP contribution is 2.15. The van der Waals surface area contributed by atoms with Crippen LogP contribution in [0.5, 0.6) is 0 Å². The molecule has 0 unspecified atom stereocenters. The minimum Gasteiger partial charge on any atom is -0.399 e. The maximum atomic E-state index is 12.1. The number of nitrogens with one attached hydrogen (secondary N) is 1. The number of rotatable bonds is 5. The third-order valence-corrected chi connectivity index (χ3v) is 4.42. The van der Waals surface area contributed by atoms with E-state index in [-0.39, 0.29) is 11.8 Å². The number of benzene rings is 2. The van der Waals surface area contributed by atoms with Crippen LogP contribution in [0.1, 0.15) is 24.1 Å². The molecule has 1 atom stereocenters. The second kappa shape index (κ2) is 6.07. The van der Waals surface area contributed by atoms with Gasteiger partial charge in [-0.2, -0.15) is 0 Å². The van der Waals surface area contributed by atoms with Gasteiger partial charge in [0, 0.05) is 11.7 Å². The van der Waals surface area contributed by atoms with Gasteiger partial charge in [0.05, 0.1) is 5.75 Å². The molecule has 2 aromatic carbocycles. The van der Waals surface area contributed by atoms with Crippen LogP contribution in [0.3, 0.4) is 0 Å². The van der Waals surface area contributed by atoms with Crippen molar-refractivity contribution in [3.63, 3.8) is 0 Å². The maximum Gasteiger partial charge on any atom is 0.216 e. The van der Waals surface area contributed by atoms with Crippen LogP contribution in [-0.2, 0) is 15.8 Å². The smallest absolute Gasteiger partial charge is 0.216 e. The Hall–Kier alpha value is -1.85. The predicted octanol–water partition coefficient (Wildman–Crippen LogP) is 2.45. The van der Waals surface area contributed by atoms with E-state index in [1.807, 2.05) is 37.3 Å². The van der Waals surface area contributed by atoms with Gasteiger partial charge >= 0.3 is 0 Å². The average molecular weight is 290 g/mol. The van der Waals surface area contributed by atoms with E-state index in [1.54, 1.807) is 24.3 Å². The predicted molar refractivity (Wildman–Crippen MR) is 81.5 cm³/mol. The summed E-state index contributed by atoms with van der Waals surface area (Å²) < 4.78 is 26.9. The van der Waals surface area contributed by atoms with Gasteiger partial charge in [-0.1, -0.05) is 42.5 Å². The summed E-state index contributed by atoms with van der Waals surface area (Å²) >= 11 is 0. The standard InChI is InChI=1S/C15H18N2O2S/c1-12(14-5-3-2-4-6-14)17-20(18,19)11-13-7-9-15(16)10-8-13/h2-10,12,17H,11,16H2,1H3/t12-/m1/s1. The van der Waals surface area contributed by atoms with Crippen LogP contribution < -0.4 is 10.5 Å². The molecule has 3 N–H and O–H groups in total. The Morgan fingerprint density at radius 3 is 2.25 bits per heavy atom. The highest BCUT2D eigenvalue weighted by atomic mass is 32.2. The molecule has 0 heterocycles. The summed E-state index contributed by atoms with van der Waals surface area (Å²) in [6, 6.07) is 16.1. The lowest BCUT2D eigenvalue weighted by Crippen LogP contribution is -2.28. The molecule has 0 spiro atoms. The number of sulfonamides is 1. The van der Waals surface area contributed by atoms with Crippen LogP contribution in [0, 0.1) is 0 Å². The van der Waals surface area contributed by atoms with Gasteiger partial charge in [-0.05, 0) is 30.2 Å². The Bertz CT molecular complexity index is 652. The van der Waals surface area contributed by atoms with E-state index in [4.69, 9.17) is 5.73 Å². The van der Waals surface area contributed by atoms with Crippen molar-refractivity contribution in [2.24, 2.45) is 0 Å². The largest absolute Gasteiger partial charge is 0.399 e. The Kier molecular flexibility index (Phi) is 4.42. The van der Waals surface area contributed by atoms with E-state index in [2.05, 4.69) is 4.72 Å². The van der Waals surface area contributed by atoms with E-state index in [1.165, 1.54) is 0 Å². The first-order valence-electron chi connectivity index (χ1n) is 6.36. The lowest BCUT2D eigenvalue weighted by Gasteiger charge is -2.14. The molecule has 0 aliphatic carbocycles. The molecule has 2 rings (SSSR count). The molecule has 0 saturated carbocycles. The summed E-state index contributed by atoms with van der Waals surface area (Å²) in [7, 11) is -3.39. The number of nitrogen functional groups attached to an aromatic ring is 1. The molecule has 0 radical (unpaired) electrons. The van der Waals surface area contributed by atoms with Crippen molar-refractivity contribution in [3.8, 4) is 0 Å². The maximum absolute atomic E-state index is 12.1. The van der Waals surface area contributed by atoms with Gasteiger partial charge < -0.3 is 5.73 Å². The summed E-state index contributed by atoms with van der Waals surface area (Å²) in [6.45, 7) is 1.83. The normalized spacial score (nSPS) is 13.1. The monoisotopic (exact) mass is 290 g/mol. The zero-order valence-electron chi connectivity index (χ0n) is 11.3. The summed E-state index contributed by atoms with van der Waals surface area (Å²) in [4.78, 5) is 0. The average Bonchev–Trinajstić information content (AvgIpc) is 2.41. The molecule has 0 aromatic heterocycles. The topological polar surface area (TPSA) is 72.2 Å². The molecule has 4 nitrogen and oxygen atoms in total. The molecular formula is C15H18N2O2S. The molecule has 5 heteroatoms. The van der Waals surface area contributed by atoms with Crippen molar-refractivity contribution < 1.29 is 8.42 Å². The van der Waals surface area contributed by atoms with E-state index in [0.29, 0.717) is 11.3 Å². The lowest BCUT2D eigenvalue weighted by molar-refractivity contribution is 0.566. The molecule has 0 aliphatic rings. The molecule has 2 aromatic rings. The fourth-order valence-electron chi connectivity index (χ4n) is 1.95. The first-order valence-corrected chi connectivity index (χ1v) is 8.01. The third kappa shape index (κ3) is 4.08. The summed E-state index contributed by atoms with van der Waals surface area (Å²) in [5.74, 6) is -0.0511. The molecule has 0 amide bonds. The van der Waals surface area contributed by atoms with Crippen molar-refractivity contribution in [3.05, 3.63) is 65.7 Å². The summed E-state index contributed by atoms with van der Waals surface area (Å²) in [5, 5.41) is 0. The second-order valence-electron chi connectivity index (χ2n) is 4.75. The number of hydrogen-bond donors (Lipinski definition) is 2. The zero-order chi connectivity index (χ0) is 14.6. The second-order valence-corrected chi connectivity index (χ2v) is 6.50. The first kappa shape index (κ1) is 14.6. The van der Waals surface area contributed by atoms with Gasteiger partial charge in [0.25, 0.3) is 0 Å². The van der Waals surface area contributed by atoms with Crippen LogP contribution in [0.4, 0.5) is 5.69 Å². The van der Waals surface area contributed by atoms with Crippen LogP contribution in [0.2, 0.25) is 0 Å². The fraction of sp³-hybridized carbons (Fsp3) is 0.200. The van der Waals surface area contributed by atoms with Gasteiger partial charge in [-0.3, -0.25) is 0 Å². The van der Waals surface area contributed by atoms with Crippen molar-refractivity contribution in [2.75, 3.05) is 5.73 Å². The van der Waals surface area contributed by atoms with Gasteiger partial charge in [0.1, 0.15) is 0 Å². The Balaban J connectivity index is 2.06. The number of anilines is 1. The summed E-state index contributed by atoms with van der Waals surface area (Å²) in [5.41, 5.74) is 7.86. The van der Waals surface area contributed by atoms with E-state index in [0.717, 1.165) is 5.56 Å². The van der Waals surface area contributed by atoms with Crippen LogP contribution in [-0.4, -0.2) is 8.42 Å². The van der Waals surface area contributed by atoms with Gasteiger partial charge in [0.2, 0.25) is 10.0 Å².